The van der Waals surface area contributed by atoms with E-state index in [-0.39, 0.29) is 11.7 Å². The number of aromatic amines is 1. The predicted octanol–water partition coefficient (Wildman–Crippen LogP) is 0.196. The highest BCUT2D eigenvalue weighted by Crippen LogP contribution is 2.11. The van der Waals surface area contributed by atoms with Gasteiger partial charge in [-0.1, -0.05) is 5.16 Å². The summed E-state index contributed by atoms with van der Waals surface area (Å²) in [5, 5.41) is 20.2. The SMILES string of the molecule is CSCCC(=O)Nc1[nH]ncc1C(N)=NO. The number of amidine groups is 1. The molecule has 0 fully saturated rings. The van der Waals surface area contributed by atoms with E-state index in [0.717, 1.165) is 5.75 Å². The van der Waals surface area contributed by atoms with E-state index in [1.165, 1.54) is 6.20 Å². The number of nitrogens with zero attached hydrogens (tertiary/aromatic N) is 2. The van der Waals surface area contributed by atoms with E-state index in [1.807, 2.05) is 6.26 Å². The van der Waals surface area contributed by atoms with Gasteiger partial charge in [0.05, 0.1) is 11.8 Å². The normalized spacial score (nSPS) is 11.4. The number of nitrogens with one attached hydrogen (secondary N) is 2. The topological polar surface area (TPSA) is 116 Å². The summed E-state index contributed by atoms with van der Waals surface area (Å²) < 4.78 is 0. The third-order valence-electron chi connectivity index (χ3n) is 1.82. The number of hydrogen-bond acceptors (Lipinski definition) is 5. The van der Waals surface area contributed by atoms with Crippen molar-refractivity contribution in [1.82, 2.24) is 10.2 Å². The van der Waals surface area contributed by atoms with Crippen LogP contribution in [-0.2, 0) is 4.79 Å². The predicted molar refractivity (Wildman–Crippen MR) is 62.7 cm³/mol. The molecular formula is C8H13N5O2S. The summed E-state index contributed by atoms with van der Waals surface area (Å²) >= 11 is 1.58. The summed E-state index contributed by atoms with van der Waals surface area (Å²) in [5.74, 6) is 0.819. The first-order valence-corrected chi connectivity index (χ1v) is 5.88. The van der Waals surface area contributed by atoms with Gasteiger partial charge in [-0.15, -0.1) is 0 Å². The van der Waals surface area contributed by atoms with Gasteiger partial charge in [0.1, 0.15) is 5.82 Å². The lowest BCUT2D eigenvalue weighted by Crippen LogP contribution is -2.18. The molecule has 8 heteroatoms. The molecule has 1 amide bonds. The minimum Gasteiger partial charge on any atom is -0.409 e. The smallest absolute Gasteiger partial charge is 0.226 e. The lowest BCUT2D eigenvalue weighted by Gasteiger charge is -2.03. The Morgan fingerprint density at radius 3 is 3.19 bits per heavy atom. The van der Waals surface area contributed by atoms with Gasteiger partial charge < -0.3 is 16.3 Å². The number of anilines is 1. The van der Waals surface area contributed by atoms with Gasteiger partial charge in [0.2, 0.25) is 5.91 Å². The molecule has 88 valence electrons. The second-order valence-electron chi connectivity index (χ2n) is 2.93. The molecule has 0 aliphatic heterocycles. The van der Waals surface area contributed by atoms with Crippen molar-refractivity contribution in [2.45, 2.75) is 6.42 Å². The first-order valence-electron chi connectivity index (χ1n) is 4.49. The van der Waals surface area contributed by atoms with Gasteiger partial charge in [-0.3, -0.25) is 9.89 Å². The van der Waals surface area contributed by atoms with Gasteiger partial charge in [-0.25, -0.2) is 0 Å². The zero-order chi connectivity index (χ0) is 12.0. The number of H-pyrrole nitrogens is 1. The van der Waals surface area contributed by atoms with Crippen LogP contribution in [0.1, 0.15) is 12.0 Å². The third kappa shape index (κ3) is 3.16. The Morgan fingerprint density at radius 2 is 2.56 bits per heavy atom. The largest absolute Gasteiger partial charge is 0.409 e. The van der Waals surface area contributed by atoms with E-state index in [9.17, 15) is 4.79 Å². The molecular weight excluding hydrogens is 230 g/mol. The molecule has 0 unspecified atom stereocenters. The Labute approximate surface area is 96.5 Å². The van der Waals surface area contributed by atoms with Crippen LogP contribution in [0.15, 0.2) is 11.4 Å². The van der Waals surface area contributed by atoms with E-state index in [4.69, 9.17) is 10.9 Å². The summed E-state index contributed by atoms with van der Waals surface area (Å²) in [6, 6.07) is 0. The van der Waals surface area contributed by atoms with E-state index >= 15 is 0 Å². The van der Waals surface area contributed by atoms with Crippen LogP contribution >= 0.6 is 11.8 Å². The molecule has 1 heterocycles. The fourth-order valence-corrected chi connectivity index (χ4v) is 1.42. The lowest BCUT2D eigenvalue weighted by molar-refractivity contribution is -0.115. The molecule has 0 saturated carbocycles. The summed E-state index contributed by atoms with van der Waals surface area (Å²) in [5.41, 5.74) is 5.76. The van der Waals surface area contributed by atoms with Crippen molar-refractivity contribution in [1.29, 1.82) is 0 Å². The van der Waals surface area contributed by atoms with Crippen LogP contribution in [-0.4, -0.2) is 39.2 Å². The molecule has 0 spiro atoms. The van der Waals surface area contributed by atoms with Crippen LogP contribution in [0.25, 0.3) is 0 Å². The molecule has 0 bridgehead atoms. The quantitative estimate of drug-likeness (QED) is 0.255. The van der Waals surface area contributed by atoms with Crippen molar-refractivity contribution in [2.24, 2.45) is 10.9 Å². The van der Waals surface area contributed by atoms with Crippen LogP contribution in [0.5, 0.6) is 0 Å². The first kappa shape index (κ1) is 12.4. The highest BCUT2D eigenvalue weighted by atomic mass is 32.2. The maximum Gasteiger partial charge on any atom is 0.226 e. The average molecular weight is 243 g/mol. The van der Waals surface area contributed by atoms with E-state index in [0.29, 0.717) is 17.8 Å². The Morgan fingerprint density at radius 1 is 1.81 bits per heavy atom. The van der Waals surface area contributed by atoms with Gasteiger partial charge in [-0.05, 0) is 6.26 Å². The van der Waals surface area contributed by atoms with Crippen molar-refractivity contribution < 1.29 is 10.0 Å². The van der Waals surface area contributed by atoms with E-state index < -0.39 is 0 Å². The molecule has 1 rings (SSSR count). The molecule has 0 saturated heterocycles. The second-order valence-corrected chi connectivity index (χ2v) is 3.92. The Bertz CT molecular complexity index is 390. The van der Waals surface area contributed by atoms with E-state index in [1.54, 1.807) is 11.8 Å². The fraction of sp³-hybridized carbons (Fsp3) is 0.375. The standard InChI is InChI=1S/C8H13N5O2S/c1-16-3-2-6(14)11-8-5(4-10-12-8)7(9)13-15/h4,15H,2-3H2,1H3,(H2,9,13)(H2,10,11,12,14). The van der Waals surface area contributed by atoms with Crippen LogP contribution < -0.4 is 11.1 Å². The summed E-state index contributed by atoms with van der Waals surface area (Å²) in [6.07, 6.45) is 3.69. The Hall–Kier alpha value is -1.70. The number of thioether (sulfide) groups is 1. The molecule has 0 aromatic carbocycles. The number of rotatable bonds is 5. The number of nitrogens with two attached hydrogens (primary N) is 1. The number of oxime groups is 1. The van der Waals surface area contributed by atoms with E-state index in [2.05, 4.69) is 20.7 Å². The van der Waals surface area contributed by atoms with Crippen molar-refractivity contribution in [3.05, 3.63) is 11.8 Å². The molecule has 0 atom stereocenters. The molecule has 0 radical (unpaired) electrons. The van der Waals surface area contributed by atoms with Gasteiger partial charge in [0.25, 0.3) is 0 Å². The number of carbonyl (C=O) groups is 1. The summed E-state index contributed by atoms with van der Waals surface area (Å²) in [7, 11) is 0. The number of amides is 1. The molecule has 7 nitrogen and oxygen atoms in total. The molecule has 16 heavy (non-hydrogen) atoms. The van der Waals surface area contributed by atoms with Crippen molar-refractivity contribution in [2.75, 3.05) is 17.3 Å². The fourth-order valence-electron chi connectivity index (χ4n) is 1.03. The third-order valence-corrected chi connectivity index (χ3v) is 2.43. The number of aromatic nitrogens is 2. The van der Waals surface area contributed by atoms with Crippen molar-refractivity contribution >= 4 is 29.3 Å². The highest BCUT2D eigenvalue weighted by Gasteiger charge is 2.11. The Kier molecular flexibility index (Phi) is 4.65. The highest BCUT2D eigenvalue weighted by molar-refractivity contribution is 7.98. The number of carbonyl (C=O) groups excluding carboxylic acids is 1. The van der Waals surface area contributed by atoms with Crippen LogP contribution in [0.3, 0.4) is 0 Å². The molecule has 5 N–H and O–H groups in total. The maximum atomic E-state index is 11.4. The zero-order valence-corrected chi connectivity index (χ0v) is 9.54. The number of hydrogen-bond donors (Lipinski definition) is 4. The molecule has 1 aromatic heterocycles. The maximum absolute atomic E-state index is 11.4. The van der Waals surface area contributed by atoms with Crippen LogP contribution in [0.2, 0.25) is 0 Å². The second kappa shape index (κ2) is 6.01. The van der Waals surface area contributed by atoms with Gasteiger partial charge in [0.15, 0.2) is 5.84 Å². The monoisotopic (exact) mass is 243 g/mol. The summed E-state index contributed by atoms with van der Waals surface area (Å²) in [4.78, 5) is 11.4. The van der Waals surface area contributed by atoms with Gasteiger partial charge >= 0.3 is 0 Å². The zero-order valence-electron chi connectivity index (χ0n) is 8.73. The molecule has 0 aliphatic carbocycles. The minimum absolute atomic E-state index is 0.103. The van der Waals surface area contributed by atoms with Gasteiger partial charge in [0, 0.05) is 12.2 Å². The van der Waals surface area contributed by atoms with Crippen molar-refractivity contribution in [3.8, 4) is 0 Å². The molecule has 0 aliphatic rings. The molecule has 1 aromatic rings. The minimum atomic E-state index is -0.148. The van der Waals surface area contributed by atoms with Gasteiger partial charge in [-0.2, -0.15) is 16.9 Å². The Balaban J connectivity index is 2.67. The lowest BCUT2D eigenvalue weighted by atomic mass is 10.3. The van der Waals surface area contributed by atoms with Crippen molar-refractivity contribution in [3.63, 3.8) is 0 Å². The first-order chi connectivity index (χ1) is 7.69. The van der Waals surface area contributed by atoms with Crippen LogP contribution in [0.4, 0.5) is 5.82 Å². The summed E-state index contributed by atoms with van der Waals surface area (Å²) in [6.45, 7) is 0. The van der Waals surface area contributed by atoms with Crippen LogP contribution in [0, 0.1) is 0 Å². The average Bonchev–Trinajstić information content (AvgIpc) is 2.73.